The van der Waals surface area contributed by atoms with Crippen molar-refractivity contribution in [2.45, 2.75) is 6.92 Å². The average molecular weight is 258 g/mol. The van der Waals surface area contributed by atoms with E-state index in [9.17, 15) is 0 Å². The summed E-state index contributed by atoms with van der Waals surface area (Å²) in [6.07, 6.45) is 4.05. The smallest absolute Gasteiger partial charge is 0.137 e. The molecule has 0 atom stereocenters. The van der Waals surface area contributed by atoms with Crippen molar-refractivity contribution in [2.24, 2.45) is 0 Å². The van der Waals surface area contributed by atoms with Gasteiger partial charge < -0.3 is 0 Å². The molecule has 0 aliphatic carbocycles. The third-order valence-corrected chi connectivity index (χ3v) is 3.73. The molecule has 0 saturated heterocycles. The zero-order chi connectivity index (χ0) is 13.5. The molecule has 0 radical (unpaired) electrons. The largest absolute Gasteiger partial charge is 0.300 e. The molecule has 0 bridgehead atoms. The first kappa shape index (κ1) is 11.2. The van der Waals surface area contributed by atoms with Crippen molar-refractivity contribution in [2.75, 3.05) is 0 Å². The van der Waals surface area contributed by atoms with Gasteiger partial charge in [0.05, 0.1) is 11.9 Å². The molecule has 0 aliphatic heterocycles. The standard InChI is InChI=1S/C18H14N2/c1-13-9-10-20-17(12-19-18(20)11-13)16-8-4-6-14-5-2-3-7-15(14)16/h2-12H,1H3. The van der Waals surface area contributed by atoms with E-state index in [2.05, 4.69) is 77.1 Å². The van der Waals surface area contributed by atoms with E-state index in [4.69, 9.17) is 0 Å². The van der Waals surface area contributed by atoms with E-state index in [1.807, 2.05) is 6.20 Å². The fourth-order valence-electron chi connectivity index (χ4n) is 2.73. The molecule has 2 nitrogen and oxygen atoms in total. The summed E-state index contributed by atoms with van der Waals surface area (Å²) in [7, 11) is 0. The van der Waals surface area contributed by atoms with Crippen LogP contribution in [0.15, 0.2) is 67.0 Å². The van der Waals surface area contributed by atoms with Crippen LogP contribution in [0.4, 0.5) is 0 Å². The summed E-state index contributed by atoms with van der Waals surface area (Å²) < 4.78 is 2.15. The highest BCUT2D eigenvalue weighted by atomic mass is 15.0. The zero-order valence-corrected chi connectivity index (χ0v) is 11.2. The molecule has 0 unspecified atom stereocenters. The number of hydrogen-bond acceptors (Lipinski definition) is 1. The third-order valence-electron chi connectivity index (χ3n) is 3.73. The molecule has 0 spiro atoms. The van der Waals surface area contributed by atoms with Crippen molar-refractivity contribution >= 4 is 16.4 Å². The van der Waals surface area contributed by atoms with Gasteiger partial charge in [0, 0.05) is 11.8 Å². The van der Waals surface area contributed by atoms with Gasteiger partial charge in [0.25, 0.3) is 0 Å². The topological polar surface area (TPSA) is 17.3 Å². The predicted octanol–water partition coefficient (Wildman–Crippen LogP) is 4.46. The fourth-order valence-corrected chi connectivity index (χ4v) is 2.73. The number of imidazole rings is 1. The van der Waals surface area contributed by atoms with Crippen molar-refractivity contribution in [1.29, 1.82) is 0 Å². The van der Waals surface area contributed by atoms with Crippen LogP contribution in [-0.4, -0.2) is 9.38 Å². The van der Waals surface area contributed by atoms with Gasteiger partial charge in [-0.3, -0.25) is 4.40 Å². The van der Waals surface area contributed by atoms with Crippen LogP contribution in [0.25, 0.3) is 27.7 Å². The van der Waals surface area contributed by atoms with Crippen LogP contribution in [-0.2, 0) is 0 Å². The highest BCUT2D eigenvalue weighted by Gasteiger charge is 2.08. The van der Waals surface area contributed by atoms with Crippen molar-refractivity contribution in [3.05, 3.63) is 72.6 Å². The molecular weight excluding hydrogens is 244 g/mol. The second kappa shape index (κ2) is 4.20. The number of aromatic nitrogens is 2. The van der Waals surface area contributed by atoms with Crippen LogP contribution in [0.2, 0.25) is 0 Å². The summed E-state index contributed by atoms with van der Waals surface area (Å²) >= 11 is 0. The molecule has 0 saturated carbocycles. The number of aryl methyl sites for hydroxylation is 1. The fraction of sp³-hybridized carbons (Fsp3) is 0.0556. The first-order chi connectivity index (χ1) is 9.83. The van der Waals surface area contributed by atoms with Gasteiger partial charge in [0.1, 0.15) is 5.65 Å². The number of fused-ring (bicyclic) bond motifs is 2. The predicted molar refractivity (Wildman–Crippen MR) is 82.9 cm³/mol. The summed E-state index contributed by atoms with van der Waals surface area (Å²) in [6, 6.07) is 19.1. The van der Waals surface area contributed by atoms with Crippen LogP contribution < -0.4 is 0 Å². The van der Waals surface area contributed by atoms with Gasteiger partial charge in [0.15, 0.2) is 0 Å². The Labute approximate surface area is 117 Å². The number of hydrogen-bond donors (Lipinski definition) is 0. The van der Waals surface area contributed by atoms with Crippen molar-refractivity contribution in [3.8, 4) is 11.3 Å². The van der Waals surface area contributed by atoms with Crippen LogP contribution in [0, 0.1) is 6.92 Å². The van der Waals surface area contributed by atoms with Gasteiger partial charge in [-0.1, -0.05) is 42.5 Å². The monoisotopic (exact) mass is 258 g/mol. The maximum absolute atomic E-state index is 4.53. The molecule has 96 valence electrons. The second-order valence-corrected chi connectivity index (χ2v) is 5.10. The summed E-state index contributed by atoms with van der Waals surface area (Å²) in [6.45, 7) is 2.09. The zero-order valence-electron chi connectivity index (χ0n) is 11.2. The van der Waals surface area contributed by atoms with Crippen molar-refractivity contribution in [3.63, 3.8) is 0 Å². The van der Waals surface area contributed by atoms with Gasteiger partial charge in [-0.2, -0.15) is 0 Å². The summed E-state index contributed by atoms with van der Waals surface area (Å²) in [5.74, 6) is 0. The lowest BCUT2D eigenvalue weighted by molar-refractivity contribution is 1.18. The summed E-state index contributed by atoms with van der Waals surface area (Å²) in [4.78, 5) is 4.53. The van der Waals surface area contributed by atoms with Gasteiger partial charge >= 0.3 is 0 Å². The molecule has 0 N–H and O–H groups in total. The van der Waals surface area contributed by atoms with Crippen LogP contribution in [0.1, 0.15) is 5.56 Å². The number of rotatable bonds is 1. The van der Waals surface area contributed by atoms with E-state index in [0.29, 0.717) is 0 Å². The maximum Gasteiger partial charge on any atom is 0.137 e. The summed E-state index contributed by atoms with van der Waals surface area (Å²) in [5, 5.41) is 2.52. The minimum atomic E-state index is 0.993. The van der Waals surface area contributed by atoms with Crippen molar-refractivity contribution < 1.29 is 0 Å². The van der Waals surface area contributed by atoms with Gasteiger partial charge in [-0.15, -0.1) is 0 Å². The Morgan fingerprint density at radius 2 is 1.80 bits per heavy atom. The molecule has 4 rings (SSSR count). The quantitative estimate of drug-likeness (QED) is 0.492. The molecule has 2 aromatic heterocycles. The molecule has 2 heteroatoms. The first-order valence-electron chi connectivity index (χ1n) is 6.75. The van der Waals surface area contributed by atoms with E-state index in [0.717, 1.165) is 11.3 Å². The highest BCUT2D eigenvalue weighted by Crippen LogP contribution is 2.29. The SMILES string of the molecule is Cc1ccn2c(-c3cccc4ccccc34)cnc2c1. The normalized spacial score (nSPS) is 11.2. The van der Waals surface area contributed by atoms with Gasteiger partial charge in [-0.05, 0) is 35.4 Å². The van der Waals surface area contributed by atoms with E-state index >= 15 is 0 Å². The molecule has 2 heterocycles. The highest BCUT2D eigenvalue weighted by molar-refractivity contribution is 5.96. The number of benzene rings is 2. The van der Waals surface area contributed by atoms with E-state index < -0.39 is 0 Å². The molecule has 0 amide bonds. The van der Waals surface area contributed by atoms with Crippen molar-refractivity contribution in [1.82, 2.24) is 9.38 Å². The Bertz CT molecular complexity index is 914. The third kappa shape index (κ3) is 1.62. The summed E-state index contributed by atoms with van der Waals surface area (Å²) in [5.41, 5.74) is 4.58. The van der Waals surface area contributed by atoms with Gasteiger partial charge in [0.2, 0.25) is 0 Å². The number of pyridine rings is 1. The lowest BCUT2D eigenvalue weighted by atomic mass is 10.0. The molecule has 20 heavy (non-hydrogen) atoms. The van der Waals surface area contributed by atoms with Crippen LogP contribution in [0.3, 0.4) is 0 Å². The molecule has 0 aliphatic rings. The second-order valence-electron chi connectivity index (χ2n) is 5.10. The molecule has 0 fully saturated rings. The average Bonchev–Trinajstić information content (AvgIpc) is 2.89. The maximum atomic E-state index is 4.53. The Hall–Kier alpha value is -2.61. The Morgan fingerprint density at radius 3 is 2.75 bits per heavy atom. The number of nitrogens with zero attached hydrogens (tertiary/aromatic N) is 2. The Kier molecular flexibility index (Phi) is 2.36. The van der Waals surface area contributed by atoms with E-state index in [1.54, 1.807) is 0 Å². The first-order valence-corrected chi connectivity index (χ1v) is 6.75. The molecular formula is C18H14N2. The Balaban J connectivity index is 2.06. The lowest BCUT2D eigenvalue weighted by Crippen LogP contribution is -1.89. The van der Waals surface area contributed by atoms with Gasteiger partial charge in [-0.25, -0.2) is 4.98 Å². The van der Waals surface area contributed by atoms with Crippen LogP contribution >= 0.6 is 0 Å². The molecule has 4 aromatic rings. The Morgan fingerprint density at radius 1 is 0.950 bits per heavy atom. The van der Waals surface area contributed by atoms with E-state index in [-0.39, 0.29) is 0 Å². The molecule has 2 aromatic carbocycles. The minimum absolute atomic E-state index is 0.993. The van der Waals surface area contributed by atoms with E-state index in [1.165, 1.54) is 21.9 Å². The lowest BCUT2D eigenvalue weighted by Gasteiger charge is -2.06. The minimum Gasteiger partial charge on any atom is -0.300 e. The van der Waals surface area contributed by atoms with Crippen LogP contribution in [0.5, 0.6) is 0 Å².